The molecule has 0 amide bonds. The van der Waals surface area contributed by atoms with Crippen molar-refractivity contribution in [2.45, 2.75) is 26.5 Å². The van der Waals surface area contributed by atoms with Crippen molar-refractivity contribution >= 4 is 52.9 Å². The largest absolute Gasteiger partial charge is 0.489 e. The first-order chi connectivity index (χ1) is 11.5. The molecule has 1 aromatic heterocycles. The van der Waals surface area contributed by atoms with Crippen molar-refractivity contribution in [3.8, 4) is 5.75 Å². The van der Waals surface area contributed by atoms with Crippen molar-refractivity contribution in [3.63, 3.8) is 0 Å². The average Bonchev–Trinajstić information content (AvgIpc) is 2.95. The van der Waals surface area contributed by atoms with Gasteiger partial charge in [0.05, 0.1) is 23.8 Å². The molecule has 0 spiro atoms. The fourth-order valence-corrected chi connectivity index (χ4v) is 2.94. The molecule has 8 heteroatoms. The highest BCUT2D eigenvalue weighted by Crippen LogP contribution is 2.16. The number of nitrogens with one attached hydrogen (secondary N) is 1. The molecule has 1 N–H and O–H groups in total. The van der Waals surface area contributed by atoms with E-state index in [-0.39, 0.29) is 30.1 Å². The van der Waals surface area contributed by atoms with Gasteiger partial charge in [0.15, 0.2) is 5.96 Å². The zero-order valence-corrected chi connectivity index (χ0v) is 18.7. The zero-order chi connectivity index (χ0) is 17.5. The molecular weight excluding hydrogens is 471 g/mol. The van der Waals surface area contributed by atoms with E-state index in [1.807, 2.05) is 50.1 Å². The van der Waals surface area contributed by atoms with E-state index in [2.05, 4.69) is 20.7 Å². The lowest BCUT2D eigenvalue weighted by Crippen LogP contribution is -2.42. The van der Waals surface area contributed by atoms with Crippen LogP contribution in [0.3, 0.4) is 0 Å². The van der Waals surface area contributed by atoms with Gasteiger partial charge in [-0.2, -0.15) is 0 Å². The van der Waals surface area contributed by atoms with Crippen LogP contribution in [0, 0.1) is 6.92 Å². The lowest BCUT2D eigenvalue weighted by Gasteiger charge is -2.23. The number of hydrogen-bond acceptors (Lipinski definition) is 4. The zero-order valence-electron chi connectivity index (χ0n) is 14.8. The van der Waals surface area contributed by atoms with Crippen LogP contribution in [0.15, 0.2) is 34.6 Å². The van der Waals surface area contributed by atoms with Crippen LogP contribution in [0.4, 0.5) is 0 Å². The van der Waals surface area contributed by atoms with Crippen LogP contribution in [-0.2, 0) is 6.54 Å². The molecule has 0 saturated heterocycles. The van der Waals surface area contributed by atoms with E-state index in [0.29, 0.717) is 11.6 Å². The Labute approximate surface area is 175 Å². The number of aliphatic imine (C=N–C) groups is 1. The number of ether oxygens (including phenoxy) is 1. The Bertz CT molecular complexity index is 678. The molecule has 0 radical (unpaired) electrons. The first-order valence-corrected chi connectivity index (χ1v) is 8.98. The molecule has 1 heterocycles. The molecule has 1 unspecified atom stereocenters. The smallest absolute Gasteiger partial charge is 0.193 e. The Morgan fingerprint density at radius 2 is 2.08 bits per heavy atom. The summed E-state index contributed by atoms with van der Waals surface area (Å²) in [5.41, 5.74) is 1.05. The van der Waals surface area contributed by atoms with Crippen molar-refractivity contribution in [3.05, 3.63) is 45.4 Å². The second-order valence-corrected chi connectivity index (χ2v) is 7.02. The van der Waals surface area contributed by atoms with Crippen molar-refractivity contribution in [1.29, 1.82) is 0 Å². The van der Waals surface area contributed by atoms with E-state index in [1.54, 1.807) is 18.4 Å². The van der Waals surface area contributed by atoms with Gasteiger partial charge in [0.25, 0.3) is 0 Å². The number of guanidine groups is 1. The van der Waals surface area contributed by atoms with Gasteiger partial charge in [-0.05, 0) is 38.1 Å². The average molecular weight is 495 g/mol. The number of benzene rings is 1. The maximum atomic E-state index is 5.88. The fourth-order valence-electron chi connectivity index (χ4n) is 2.21. The van der Waals surface area contributed by atoms with E-state index in [1.165, 1.54) is 0 Å². The monoisotopic (exact) mass is 494 g/mol. The maximum Gasteiger partial charge on any atom is 0.193 e. The highest BCUT2D eigenvalue weighted by Gasteiger charge is 2.11. The Kier molecular flexibility index (Phi) is 9.52. The molecule has 0 fully saturated rings. The molecule has 0 bridgehead atoms. The van der Waals surface area contributed by atoms with Crippen LogP contribution in [0.1, 0.15) is 17.6 Å². The Balaban J connectivity index is 0.00000312. The predicted octanol–water partition coefficient (Wildman–Crippen LogP) is 4.20. The van der Waals surface area contributed by atoms with E-state index in [0.717, 1.165) is 29.0 Å². The number of aromatic nitrogens is 1. The SMILES string of the molecule is CN=C(NCC(C)Oc1ccc(Cl)cc1)N(C)Cc1csc(C)n1.I. The van der Waals surface area contributed by atoms with Gasteiger partial charge in [0.1, 0.15) is 11.9 Å². The van der Waals surface area contributed by atoms with Crippen LogP contribution in [0.25, 0.3) is 0 Å². The number of rotatable bonds is 6. The van der Waals surface area contributed by atoms with Gasteiger partial charge in [-0.3, -0.25) is 4.99 Å². The summed E-state index contributed by atoms with van der Waals surface area (Å²) in [5, 5.41) is 7.18. The third-order valence-corrected chi connectivity index (χ3v) is 4.41. The first-order valence-electron chi connectivity index (χ1n) is 7.73. The molecule has 25 heavy (non-hydrogen) atoms. The van der Waals surface area contributed by atoms with Gasteiger partial charge in [-0.1, -0.05) is 11.6 Å². The van der Waals surface area contributed by atoms with E-state index >= 15 is 0 Å². The minimum atomic E-state index is -0.00200. The van der Waals surface area contributed by atoms with Gasteiger partial charge < -0.3 is 15.0 Å². The fraction of sp³-hybridized carbons (Fsp3) is 0.412. The molecule has 0 aliphatic rings. The Hall–Kier alpha value is -1.06. The van der Waals surface area contributed by atoms with Crippen molar-refractivity contribution in [1.82, 2.24) is 15.2 Å². The van der Waals surface area contributed by atoms with Crippen molar-refractivity contribution < 1.29 is 4.74 Å². The van der Waals surface area contributed by atoms with Crippen LogP contribution in [-0.4, -0.2) is 42.6 Å². The number of aryl methyl sites for hydroxylation is 1. The highest BCUT2D eigenvalue weighted by atomic mass is 127. The molecule has 0 saturated carbocycles. The lowest BCUT2D eigenvalue weighted by atomic mass is 10.3. The van der Waals surface area contributed by atoms with Crippen LogP contribution in [0.5, 0.6) is 5.75 Å². The van der Waals surface area contributed by atoms with E-state index < -0.39 is 0 Å². The molecule has 1 aromatic carbocycles. The Morgan fingerprint density at radius 3 is 2.64 bits per heavy atom. The van der Waals surface area contributed by atoms with Crippen LogP contribution >= 0.6 is 46.9 Å². The predicted molar refractivity (Wildman–Crippen MR) is 117 cm³/mol. The summed E-state index contributed by atoms with van der Waals surface area (Å²) in [6, 6.07) is 7.37. The number of thiazole rings is 1. The molecule has 138 valence electrons. The summed E-state index contributed by atoms with van der Waals surface area (Å²) >= 11 is 7.54. The van der Waals surface area contributed by atoms with Crippen molar-refractivity contribution in [2.75, 3.05) is 20.6 Å². The molecule has 5 nitrogen and oxygen atoms in total. The minimum absolute atomic E-state index is 0. The molecule has 2 rings (SSSR count). The molecule has 2 aromatic rings. The number of hydrogen-bond donors (Lipinski definition) is 1. The minimum Gasteiger partial charge on any atom is -0.489 e. The third-order valence-electron chi connectivity index (χ3n) is 3.34. The normalized spacial score (nSPS) is 12.3. The quantitative estimate of drug-likeness (QED) is 0.372. The van der Waals surface area contributed by atoms with Gasteiger partial charge in [-0.15, -0.1) is 35.3 Å². The molecule has 1 atom stereocenters. The molecular formula is C17H24ClIN4OS. The van der Waals surface area contributed by atoms with E-state index in [4.69, 9.17) is 16.3 Å². The van der Waals surface area contributed by atoms with Gasteiger partial charge >= 0.3 is 0 Å². The standard InChI is InChI=1S/C17H23ClN4OS.HI/c1-12(23-16-7-5-14(18)6-8-16)9-20-17(19-3)22(4)10-15-11-24-13(2)21-15;/h5-8,11-12H,9-10H2,1-4H3,(H,19,20);1H. The van der Waals surface area contributed by atoms with Crippen LogP contribution < -0.4 is 10.1 Å². The number of nitrogens with zero attached hydrogens (tertiary/aromatic N) is 3. The topological polar surface area (TPSA) is 49.8 Å². The second-order valence-electron chi connectivity index (χ2n) is 5.52. The lowest BCUT2D eigenvalue weighted by molar-refractivity contribution is 0.222. The molecule has 0 aliphatic heterocycles. The van der Waals surface area contributed by atoms with Gasteiger partial charge in [0.2, 0.25) is 0 Å². The summed E-state index contributed by atoms with van der Waals surface area (Å²) in [7, 11) is 3.77. The third kappa shape index (κ3) is 7.37. The Morgan fingerprint density at radius 1 is 1.40 bits per heavy atom. The van der Waals surface area contributed by atoms with Crippen molar-refractivity contribution in [2.24, 2.45) is 4.99 Å². The first kappa shape index (κ1) is 22.0. The number of halogens is 2. The summed E-state index contributed by atoms with van der Waals surface area (Å²) in [5.74, 6) is 1.61. The van der Waals surface area contributed by atoms with Crippen LogP contribution in [0.2, 0.25) is 5.02 Å². The highest BCUT2D eigenvalue weighted by molar-refractivity contribution is 14.0. The summed E-state index contributed by atoms with van der Waals surface area (Å²) in [4.78, 5) is 10.8. The van der Waals surface area contributed by atoms with Gasteiger partial charge in [0, 0.05) is 24.5 Å². The van der Waals surface area contributed by atoms with Gasteiger partial charge in [-0.25, -0.2) is 4.98 Å². The maximum absolute atomic E-state index is 5.88. The summed E-state index contributed by atoms with van der Waals surface area (Å²) in [6.45, 7) is 5.39. The molecule has 0 aliphatic carbocycles. The summed E-state index contributed by atoms with van der Waals surface area (Å²) in [6.07, 6.45) is -0.00200. The van der Waals surface area contributed by atoms with E-state index in [9.17, 15) is 0 Å². The second kappa shape index (κ2) is 10.8. The summed E-state index contributed by atoms with van der Waals surface area (Å²) < 4.78 is 5.86.